The maximum absolute atomic E-state index is 12.6. The number of nitrogens with one attached hydrogen (secondary N) is 2. The summed E-state index contributed by atoms with van der Waals surface area (Å²) in [6.45, 7) is 2.17. The summed E-state index contributed by atoms with van der Waals surface area (Å²) in [4.78, 5) is 16.5. The van der Waals surface area contributed by atoms with Crippen LogP contribution in [0.3, 0.4) is 0 Å². The van der Waals surface area contributed by atoms with E-state index < -0.39 is 10.0 Å². The van der Waals surface area contributed by atoms with Crippen molar-refractivity contribution >= 4 is 44.8 Å². The molecule has 0 aliphatic rings. The van der Waals surface area contributed by atoms with Gasteiger partial charge in [-0.15, -0.1) is 0 Å². The number of aromatic nitrogens is 1. The van der Waals surface area contributed by atoms with Crippen LogP contribution >= 0.6 is 23.2 Å². The zero-order valence-corrected chi connectivity index (χ0v) is 17.6. The molecule has 0 radical (unpaired) electrons. The van der Waals surface area contributed by atoms with E-state index in [-0.39, 0.29) is 33.1 Å². The van der Waals surface area contributed by atoms with E-state index in [1.807, 2.05) is 19.1 Å². The lowest BCUT2D eigenvalue weighted by Gasteiger charge is -2.11. The minimum absolute atomic E-state index is 0.0431. The molecule has 3 aromatic rings. The van der Waals surface area contributed by atoms with Crippen molar-refractivity contribution in [3.8, 4) is 0 Å². The molecule has 0 saturated carbocycles. The molecule has 3 rings (SSSR count). The van der Waals surface area contributed by atoms with Gasteiger partial charge in [0.15, 0.2) is 0 Å². The molecule has 0 spiro atoms. The van der Waals surface area contributed by atoms with Gasteiger partial charge in [0.25, 0.3) is 15.9 Å². The first-order valence-corrected chi connectivity index (χ1v) is 10.8. The second kappa shape index (κ2) is 8.82. The molecule has 0 aliphatic heterocycles. The topological polar surface area (TPSA) is 88.2 Å². The average molecular weight is 450 g/mol. The molecule has 0 aliphatic carbocycles. The fourth-order valence-electron chi connectivity index (χ4n) is 2.59. The van der Waals surface area contributed by atoms with Gasteiger partial charge in [-0.05, 0) is 55.0 Å². The van der Waals surface area contributed by atoms with Crippen molar-refractivity contribution in [2.75, 3.05) is 4.72 Å². The van der Waals surface area contributed by atoms with E-state index >= 15 is 0 Å². The fraction of sp³-hybridized carbons (Fsp3) is 0.100. The van der Waals surface area contributed by atoms with E-state index in [1.165, 1.54) is 30.3 Å². The molecule has 1 amide bonds. The number of aryl methyl sites for hydroxylation is 1. The summed E-state index contributed by atoms with van der Waals surface area (Å²) < 4.78 is 27.7. The van der Waals surface area contributed by atoms with Gasteiger partial charge in [-0.1, -0.05) is 35.3 Å². The van der Waals surface area contributed by atoms with Crippen LogP contribution in [0.15, 0.2) is 65.7 Å². The third-order valence-electron chi connectivity index (χ3n) is 4.09. The van der Waals surface area contributed by atoms with Crippen LogP contribution in [-0.4, -0.2) is 19.3 Å². The van der Waals surface area contributed by atoms with Crippen LogP contribution in [0.5, 0.6) is 0 Å². The van der Waals surface area contributed by atoms with Crippen LogP contribution in [0.4, 0.5) is 5.69 Å². The summed E-state index contributed by atoms with van der Waals surface area (Å²) in [5.41, 5.74) is 2.25. The number of sulfonamides is 1. The molecule has 0 fully saturated rings. The van der Waals surface area contributed by atoms with Crippen LogP contribution in [-0.2, 0) is 16.6 Å². The number of rotatable bonds is 6. The molecule has 29 heavy (non-hydrogen) atoms. The van der Waals surface area contributed by atoms with Gasteiger partial charge >= 0.3 is 0 Å². The predicted octanol–water partition coefficient (Wildman–Crippen LogP) is 4.43. The lowest BCUT2D eigenvalue weighted by atomic mass is 10.2. The normalized spacial score (nSPS) is 11.1. The van der Waals surface area contributed by atoms with Gasteiger partial charge in [0.1, 0.15) is 4.90 Å². The number of benzene rings is 2. The SMILES string of the molecule is Cc1cccnc1CNC(=O)c1cccc(NS(=O)(=O)c2cc(Cl)ccc2Cl)c1. The Morgan fingerprint density at radius 2 is 1.86 bits per heavy atom. The first-order chi connectivity index (χ1) is 13.8. The van der Waals surface area contributed by atoms with E-state index in [2.05, 4.69) is 15.0 Å². The van der Waals surface area contributed by atoms with Crippen molar-refractivity contribution in [1.82, 2.24) is 10.3 Å². The molecule has 150 valence electrons. The molecule has 9 heteroatoms. The minimum Gasteiger partial charge on any atom is -0.346 e. The maximum atomic E-state index is 12.6. The van der Waals surface area contributed by atoms with Gasteiger partial charge < -0.3 is 5.32 Å². The zero-order valence-electron chi connectivity index (χ0n) is 15.3. The van der Waals surface area contributed by atoms with E-state index in [9.17, 15) is 13.2 Å². The minimum atomic E-state index is -3.98. The van der Waals surface area contributed by atoms with Crippen molar-refractivity contribution < 1.29 is 13.2 Å². The number of carbonyl (C=O) groups is 1. The van der Waals surface area contributed by atoms with Crippen molar-refractivity contribution in [2.24, 2.45) is 0 Å². The van der Waals surface area contributed by atoms with Gasteiger partial charge in [-0.2, -0.15) is 0 Å². The first-order valence-electron chi connectivity index (χ1n) is 8.53. The molecule has 0 bridgehead atoms. The maximum Gasteiger partial charge on any atom is 0.263 e. The number of amides is 1. The van der Waals surface area contributed by atoms with Gasteiger partial charge in [-0.3, -0.25) is 14.5 Å². The number of halogens is 2. The van der Waals surface area contributed by atoms with Crippen molar-refractivity contribution in [3.63, 3.8) is 0 Å². The molecule has 0 saturated heterocycles. The quantitative estimate of drug-likeness (QED) is 0.582. The average Bonchev–Trinajstić information content (AvgIpc) is 2.68. The fourth-order valence-corrected chi connectivity index (χ4v) is 4.40. The first kappa shape index (κ1) is 21.1. The number of pyridine rings is 1. The van der Waals surface area contributed by atoms with Gasteiger partial charge in [0, 0.05) is 22.5 Å². The van der Waals surface area contributed by atoms with E-state index in [0.29, 0.717) is 5.56 Å². The predicted molar refractivity (Wildman–Crippen MR) is 114 cm³/mol. The number of hydrogen-bond donors (Lipinski definition) is 2. The molecule has 0 unspecified atom stereocenters. The highest BCUT2D eigenvalue weighted by Gasteiger charge is 2.19. The second-order valence-electron chi connectivity index (χ2n) is 6.21. The highest BCUT2D eigenvalue weighted by Crippen LogP contribution is 2.27. The Balaban J connectivity index is 1.76. The van der Waals surface area contributed by atoms with E-state index in [0.717, 1.165) is 11.3 Å². The smallest absolute Gasteiger partial charge is 0.263 e. The number of carbonyl (C=O) groups excluding carboxylic acids is 1. The summed E-state index contributed by atoms with van der Waals surface area (Å²) in [6, 6.07) is 14.0. The third-order valence-corrected chi connectivity index (χ3v) is 6.19. The molecular formula is C20H17Cl2N3O3S. The lowest BCUT2D eigenvalue weighted by Crippen LogP contribution is -2.24. The van der Waals surface area contributed by atoms with Crippen LogP contribution in [0.25, 0.3) is 0 Å². The number of nitrogens with zero attached hydrogens (tertiary/aromatic N) is 1. The summed E-state index contributed by atoms with van der Waals surface area (Å²) in [5.74, 6) is -0.350. The van der Waals surface area contributed by atoms with Crippen molar-refractivity contribution in [2.45, 2.75) is 18.4 Å². The third kappa shape index (κ3) is 5.26. The number of hydrogen-bond acceptors (Lipinski definition) is 4. The van der Waals surface area contributed by atoms with Crippen LogP contribution in [0.1, 0.15) is 21.6 Å². The van der Waals surface area contributed by atoms with Crippen LogP contribution < -0.4 is 10.0 Å². The summed E-state index contributed by atoms with van der Waals surface area (Å²) in [6.07, 6.45) is 1.66. The Kier molecular flexibility index (Phi) is 6.42. The Morgan fingerprint density at radius 3 is 2.62 bits per heavy atom. The highest BCUT2D eigenvalue weighted by atomic mass is 35.5. The van der Waals surface area contributed by atoms with Crippen LogP contribution in [0.2, 0.25) is 10.0 Å². The molecule has 0 atom stereocenters. The Bertz CT molecular complexity index is 1170. The molecule has 2 N–H and O–H groups in total. The van der Waals surface area contributed by atoms with Gasteiger partial charge in [0.05, 0.1) is 17.3 Å². The standard InChI is InChI=1S/C20H17Cl2N3O3S/c1-13-4-3-9-23-18(13)12-24-20(26)14-5-2-6-16(10-14)25-29(27,28)19-11-15(21)7-8-17(19)22/h2-11,25H,12H2,1H3,(H,24,26). The number of anilines is 1. The second-order valence-corrected chi connectivity index (χ2v) is 8.71. The summed E-state index contributed by atoms with van der Waals surface area (Å²) in [5, 5.41) is 3.06. The van der Waals surface area contributed by atoms with Crippen molar-refractivity contribution in [3.05, 3.63) is 87.7 Å². The highest BCUT2D eigenvalue weighted by molar-refractivity contribution is 7.92. The van der Waals surface area contributed by atoms with Gasteiger partial charge in [-0.25, -0.2) is 8.42 Å². The summed E-state index contributed by atoms with van der Waals surface area (Å²) in [7, 11) is -3.98. The molecule has 2 aromatic carbocycles. The lowest BCUT2D eigenvalue weighted by molar-refractivity contribution is 0.0950. The molecule has 1 aromatic heterocycles. The monoisotopic (exact) mass is 449 g/mol. The van der Waals surface area contributed by atoms with Crippen molar-refractivity contribution in [1.29, 1.82) is 0 Å². The molecule has 1 heterocycles. The van der Waals surface area contributed by atoms with Gasteiger partial charge in [0.2, 0.25) is 0 Å². The van der Waals surface area contributed by atoms with E-state index in [4.69, 9.17) is 23.2 Å². The Morgan fingerprint density at radius 1 is 1.07 bits per heavy atom. The van der Waals surface area contributed by atoms with Crippen LogP contribution in [0, 0.1) is 6.92 Å². The molecular weight excluding hydrogens is 433 g/mol. The molecule has 6 nitrogen and oxygen atoms in total. The Labute approximate surface area is 178 Å². The zero-order chi connectivity index (χ0) is 21.0. The largest absolute Gasteiger partial charge is 0.346 e. The Hall–Kier alpha value is -2.61. The van der Waals surface area contributed by atoms with E-state index in [1.54, 1.807) is 18.3 Å². The summed E-state index contributed by atoms with van der Waals surface area (Å²) >= 11 is 11.9.